The van der Waals surface area contributed by atoms with Crippen LogP contribution in [0.4, 0.5) is 0 Å². The Morgan fingerprint density at radius 3 is 2.79 bits per heavy atom. The van der Waals surface area contributed by atoms with Gasteiger partial charge in [-0.3, -0.25) is 4.79 Å². The number of carbonyl (C=O) groups is 1. The lowest BCUT2D eigenvalue weighted by molar-refractivity contribution is -0.122. The highest BCUT2D eigenvalue weighted by atomic mass is 79.9. The summed E-state index contributed by atoms with van der Waals surface area (Å²) in [5.41, 5.74) is 1.11. The first-order chi connectivity index (χ1) is 9.02. The lowest BCUT2D eigenvalue weighted by Crippen LogP contribution is -2.28. The molecule has 0 unspecified atom stereocenters. The van der Waals surface area contributed by atoms with E-state index < -0.39 is 0 Å². The topological polar surface area (TPSA) is 50.4 Å². The fraction of sp³-hybridized carbons (Fsp3) is 0.500. The lowest BCUT2D eigenvalue weighted by Gasteiger charge is -2.12. The quantitative estimate of drug-likeness (QED) is 0.808. The van der Waals surface area contributed by atoms with Crippen LogP contribution >= 0.6 is 15.9 Å². The molecule has 0 saturated carbocycles. The second kappa shape index (κ2) is 8.17. The van der Waals surface area contributed by atoms with Crippen molar-refractivity contribution in [3.8, 4) is 5.75 Å². The van der Waals surface area contributed by atoms with E-state index in [1.165, 1.54) is 0 Å². The summed E-state index contributed by atoms with van der Waals surface area (Å²) in [5, 5.41) is 6.05. The van der Waals surface area contributed by atoms with Gasteiger partial charge < -0.3 is 15.4 Å². The summed E-state index contributed by atoms with van der Waals surface area (Å²) in [4.78, 5) is 11.3. The largest absolute Gasteiger partial charge is 0.484 e. The monoisotopic (exact) mass is 328 g/mol. The van der Waals surface area contributed by atoms with Crippen molar-refractivity contribution in [3.63, 3.8) is 0 Å². The van der Waals surface area contributed by atoms with Crippen LogP contribution in [-0.2, 0) is 11.3 Å². The van der Waals surface area contributed by atoms with Crippen LogP contribution in [0.1, 0.15) is 26.3 Å². The molecule has 1 aromatic carbocycles. The van der Waals surface area contributed by atoms with Crippen molar-refractivity contribution < 1.29 is 9.53 Å². The molecule has 0 aliphatic rings. The molecule has 0 aromatic heterocycles. The molecule has 4 nitrogen and oxygen atoms in total. The van der Waals surface area contributed by atoms with Gasteiger partial charge in [0.15, 0.2) is 6.61 Å². The molecular weight excluding hydrogens is 308 g/mol. The summed E-state index contributed by atoms with van der Waals surface area (Å²) in [7, 11) is 0. The Labute approximate surface area is 123 Å². The van der Waals surface area contributed by atoms with Crippen molar-refractivity contribution in [3.05, 3.63) is 28.2 Å². The number of likely N-dealkylation sites (N-methyl/N-ethyl adjacent to an activating group) is 1. The smallest absolute Gasteiger partial charge is 0.257 e. The van der Waals surface area contributed by atoms with E-state index in [0.29, 0.717) is 18.3 Å². The molecule has 0 atom stereocenters. The standard InChI is InChI=1S/C14H21BrN2O2/c1-4-16-14(18)9-19-12-5-6-13(15)11(7-12)8-17-10(2)3/h5-7,10,17H,4,8-9H2,1-3H3,(H,16,18). The Kier molecular flexibility index (Phi) is 6.87. The van der Waals surface area contributed by atoms with E-state index >= 15 is 0 Å². The van der Waals surface area contributed by atoms with Gasteiger partial charge in [-0.25, -0.2) is 0 Å². The third kappa shape index (κ3) is 6.07. The summed E-state index contributed by atoms with van der Waals surface area (Å²) in [6, 6.07) is 6.15. The van der Waals surface area contributed by atoms with Gasteiger partial charge in [-0.1, -0.05) is 29.8 Å². The fourth-order valence-electron chi connectivity index (χ4n) is 1.49. The second-order valence-electron chi connectivity index (χ2n) is 4.53. The molecule has 1 rings (SSSR count). The van der Waals surface area contributed by atoms with Gasteiger partial charge in [0.05, 0.1) is 0 Å². The molecule has 2 N–H and O–H groups in total. The zero-order valence-corrected chi connectivity index (χ0v) is 13.2. The molecular formula is C14H21BrN2O2. The van der Waals surface area contributed by atoms with Gasteiger partial charge in [-0.15, -0.1) is 0 Å². The molecule has 1 aromatic rings. The third-order valence-electron chi connectivity index (χ3n) is 2.46. The van der Waals surface area contributed by atoms with E-state index in [0.717, 1.165) is 16.6 Å². The highest BCUT2D eigenvalue weighted by Gasteiger charge is 2.05. The van der Waals surface area contributed by atoms with E-state index in [4.69, 9.17) is 4.74 Å². The average molecular weight is 329 g/mol. The minimum atomic E-state index is -0.104. The van der Waals surface area contributed by atoms with Crippen LogP contribution in [0.3, 0.4) is 0 Å². The fourth-order valence-corrected chi connectivity index (χ4v) is 1.87. The molecule has 0 aliphatic heterocycles. The van der Waals surface area contributed by atoms with E-state index in [1.807, 2.05) is 25.1 Å². The Morgan fingerprint density at radius 1 is 1.42 bits per heavy atom. The minimum Gasteiger partial charge on any atom is -0.484 e. The summed E-state index contributed by atoms with van der Waals surface area (Å²) in [6.45, 7) is 7.51. The van der Waals surface area contributed by atoms with E-state index in [9.17, 15) is 4.79 Å². The number of ether oxygens (including phenoxy) is 1. The summed E-state index contributed by atoms with van der Waals surface area (Å²) < 4.78 is 6.50. The molecule has 0 fully saturated rings. The summed E-state index contributed by atoms with van der Waals surface area (Å²) in [5.74, 6) is 0.599. The van der Waals surface area contributed by atoms with Gasteiger partial charge in [0.1, 0.15) is 5.75 Å². The molecule has 106 valence electrons. The number of carbonyl (C=O) groups excluding carboxylic acids is 1. The first-order valence-corrected chi connectivity index (χ1v) is 7.23. The maximum absolute atomic E-state index is 11.3. The van der Waals surface area contributed by atoms with Crippen molar-refractivity contribution in [2.75, 3.05) is 13.2 Å². The van der Waals surface area contributed by atoms with Crippen molar-refractivity contribution >= 4 is 21.8 Å². The Bertz CT molecular complexity index is 422. The van der Waals surface area contributed by atoms with Crippen LogP contribution in [0, 0.1) is 0 Å². The van der Waals surface area contributed by atoms with Gasteiger partial charge in [0.2, 0.25) is 0 Å². The van der Waals surface area contributed by atoms with E-state index in [-0.39, 0.29) is 12.5 Å². The average Bonchev–Trinajstić information content (AvgIpc) is 2.36. The maximum Gasteiger partial charge on any atom is 0.257 e. The van der Waals surface area contributed by atoms with Gasteiger partial charge in [0.25, 0.3) is 5.91 Å². The highest BCUT2D eigenvalue weighted by molar-refractivity contribution is 9.10. The molecule has 0 bridgehead atoms. The zero-order valence-electron chi connectivity index (χ0n) is 11.6. The predicted octanol–water partition coefficient (Wildman–Crippen LogP) is 2.46. The van der Waals surface area contributed by atoms with Gasteiger partial charge in [-0.05, 0) is 30.7 Å². The molecule has 0 saturated heterocycles. The number of hydrogen-bond donors (Lipinski definition) is 2. The molecule has 1 amide bonds. The predicted molar refractivity (Wildman–Crippen MR) is 80.3 cm³/mol. The van der Waals surface area contributed by atoms with Crippen molar-refractivity contribution in [1.82, 2.24) is 10.6 Å². The van der Waals surface area contributed by atoms with Crippen LogP contribution in [-0.4, -0.2) is 25.1 Å². The molecule has 0 aliphatic carbocycles. The molecule has 19 heavy (non-hydrogen) atoms. The SMILES string of the molecule is CCNC(=O)COc1ccc(Br)c(CNC(C)C)c1. The van der Waals surface area contributed by atoms with Crippen molar-refractivity contribution in [2.24, 2.45) is 0 Å². The van der Waals surface area contributed by atoms with Crippen molar-refractivity contribution in [1.29, 1.82) is 0 Å². The van der Waals surface area contributed by atoms with E-state index in [2.05, 4.69) is 40.4 Å². The van der Waals surface area contributed by atoms with Crippen LogP contribution < -0.4 is 15.4 Å². The van der Waals surface area contributed by atoms with Crippen LogP contribution in [0.2, 0.25) is 0 Å². The lowest BCUT2D eigenvalue weighted by atomic mass is 10.2. The van der Waals surface area contributed by atoms with Crippen LogP contribution in [0.5, 0.6) is 5.75 Å². The Hall–Kier alpha value is -1.07. The Balaban J connectivity index is 2.60. The number of nitrogens with one attached hydrogen (secondary N) is 2. The molecule has 0 radical (unpaired) electrons. The first kappa shape index (κ1) is 16.0. The number of amides is 1. The zero-order chi connectivity index (χ0) is 14.3. The summed E-state index contributed by atoms with van der Waals surface area (Å²) in [6.07, 6.45) is 0. The van der Waals surface area contributed by atoms with Crippen molar-refractivity contribution in [2.45, 2.75) is 33.4 Å². The maximum atomic E-state index is 11.3. The number of halogens is 1. The van der Waals surface area contributed by atoms with Crippen LogP contribution in [0.15, 0.2) is 22.7 Å². The van der Waals surface area contributed by atoms with Gasteiger partial charge in [-0.2, -0.15) is 0 Å². The molecule has 0 spiro atoms. The summed E-state index contributed by atoms with van der Waals surface area (Å²) >= 11 is 3.51. The first-order valence-electron chi connectivity index (χ1n) is 6.44. The Morgan fingerprint density at radius 2 is 2.16 bits per heavy atom. The number of benzene rings is 1. The molecule has 5 heteroatoms. The third-order valence-corrected chi connectivity index (χ3v) is 3.24. The van der Waals surface area contributed by atoms with E-state index in [1.54, 1.807) is 0 Å². The van der Waals surface area contributed by atoms with Crippen LogP contribution in [0.25, 0.3) is 0 Å². The second-order valence-corrected chi connectivity index (χ2v) is 5.39. The normalized spacial score (nSPS) is 10.6. The number of rotatable bonds is 7. The van der Waals surface area contributed by atoms with Gasteiger partial charge >= 0.3 is 0 Å². The molecule has 0 heterocycles. The van der Waals surface area contributed by atoms with Gasteiger partial charge in [0, 0.05) is 23.6 Å². The number of hydrogen-bond acceptors (Lipinski definition) is 3. The highest BCUT2D eigenvalue weighted by Crippen LogP contribution is 2.22. The minimum absolute atomic E-state index is 0.0481.